The van der Waals surface area contributed by atoms with Crippen LogP contribution in [0.3, 0.4) is 0 Å². The van der Waals surface area contributed by atoms with Crippen LogP contribution in [0.4, 0.5) is 0 Å². The van der Waals surface area contributed by atoms with Crippen LogP contribution in [0.15, 0.2) is 42.6 Å². The standard InChI is InChI=1S/C14H10N2O/c15-9-13-14-11(5-3-7-16-14)8-10-4-1-2-6-12(10)17-13/h1-7,13H,8H2. The lowest BCUT2D eigenvalue weighted by Crippen LogP contribution is -2.07. The number of hydrogen-bond donors (Lipinski definition) is 0. The van der Waals surface area contributed by atoms with E-state index < -0.39 is 6.10 Å². The Labute approximate surface area is 99.3 Å². The van der Waals surface area contributed by atoms with Crippen LogP contribution in [0, 0.1) is 11.3 Å². The predicted octanol–water partition coefficient (Wildman–Crippen LogP) is 2.63. The van der Waals surface area contributed by atoms with Gasteiger partial charge in [-0.3, -0.25) is 4.98 Å². The lowest BCUT2D eigenvalue weighted by molar-refractivity contribution is 0.258. The van der Waals surface area contributed by atoms with E-state index in [1.165, 1.54) is 0 Å². The lowest BCUT2D eigenvalue weighted by Gasteiger charge is -2.10. The average molecular weight is 222 g/mol. The monoisotopic (exact) mass is 222 g/mol. The highest BCUT2D eigenvalue weighted by Crippen LogP contribution is 2.32. The van der Waals surface area contributed by atoms with Crippen LogP contribution in [0.25, 0.3) is 0 Å². The summed E-state index contributed by atoms with van der Waals surface area (Å²) in [5.74, 6) is 0.775. The Morgan fingerprint density at radius 1 is 1.18 bits per heavy atom. The smallest absolute Gasteiger partial charge is 0.226 e. The van der Waals surface area contributed by atoms with Crippen molar-refractivity contribution in [3.8, 4) is 11.8 Å². The Morgan fingerprint density at radius 2 is 2.00 bits per heavy atom. The van der Waals surface area contributed by atoms with Crippen LogP contribution in [0.1, 0.15) is 22.9 Å². The number of ether oxygens (including phenoxy) is 1. The van der Waals surface area contributed by atoms with E-state index in [9.17, 15) is 5.26 Å². The molecule has 0 bridgehead atoms. The van der Waals surface area contributed by atoms with Crippen LogP contribution in [-0.4, -0.2) is 4.98 Å². The Bertz CT molecular complexity index is 601. The summed E-state index contributed by atoms with van der Waals surface area (Å²) in [6.07, 6.45) is 1.84. The van der Waals surface area contributed by atoms with Gasteiger partial charge in [0.15, 0.2) is 0 Å². The maximum Gasteiger partial charge on any atom is 0.226 e. The summed E-state index contributed by atoms with van der Waals surface area (Å²) < 4.78 is 5.71. The zero-order chi connectivity index (χ0) is 11.7. The Morgan fingerprint density at radius 3 is 2.88 bits per heavy atom. The molecule has 3 rings (SSSR count). The van der Waals surface area contributed by atoms with Crippen molar-refractivity contribution < 1.29 is 4.74 Å². The van der Waals surface area contributed by atoms with Gasteiger partial charge in [-0.05, 0) is 23.3 Å². The number of hydrogen-bond acceptors (Lipinski definition) is 3. The highest BCUT2D eigenvalue weighted by Gasteiger charge is 2.23. The van der Waals surface area contributed by atoms with Gasteiger partial charge < -0.3 is 4.74 Å². The third kappa shape index (κ3) is 1.64. The molecule has 82 valence electrons. The zero-order valence-electron chi connectivity index (χ0n) is 9.13. The fraction of sp³-hybridized carbons (Fsp3) is 0.143. The molecule has 1 aromatic heterocycles. The van der Waals surface area contributed by atoms with Gasteiger partial charge >= 0.3 is 0 Å². The molecule has 1 atom stereocenters. The van der Waals surface area contributed by atoms with E-state index in [2.05, 4.69) is 11.1 Å². The van der Waals surface area contributed by atoms with Crippen molar-refractivity contribution in [1.29, 1.82) is 5.26 Å². The number of para-hydroxylation sites is 1. The number of aromatic nitrogens is 1. The van der Waals surface area contributed by atoms with E-state index in [1.807, 2.05) is 36.4 Å². The molecule has 0 fully saturated rings. The number of benzene rings is 1. The summed E-state index contributed by atoms with van der Waals surface area (Å²) in [6.45, 7) is 0. The van der Waals surface area contributed by atoms with Gasteiger partial charge in [-0.2, -0.15) is 5.26 Å². The Balaban J connectivity index is 2.17. The first-order valence-electron chi connectivity index (χ1n) is 5.46. The van der Waals surface area contributed by atoms with Gasteiger partial charge in [0, 0.05) is 12.6 Å². The van der Waals surface area contributed by atoms with Crippen LogP contribution < -0.4 is 4.74 Å². The Kier molecular flexibility index (Phi) is 2.27. The lowest BCUT2D eigenvalue weighted by atomic mass is 10.0. The van der Waals surface area contributed by atoms with Crippen molar-refractivity contribution in [3.63, 3.8) is 0 Å². The summed E-state index contributed by atoms with van der Waals surface area (Å²) in [5, 5.41) is 9.17. The fourth-order valence-corrected chi connectivity index (χ4v) is 2.08. The zero-order valence-corrected chi connectivity index (χ0v) is 9.13. The molecule has 17 heavy (non-hydrogen) atoms. The maximum atomic E-state index is 9.17. The second kappa shape index (κ2) is 3.91. The molecule has 1 aromatic carbocycles. The van der Waals surface area contributed by atoms with E-state index >= 15 is 0 Å². The molecule has 0 radical (unpaired) electrons. The third-order valence-corrected chi connectivity index (χ3v) is 2.89. The molecule has 0 amide bonds. The SMILES string of the molecule is N#CC1Oc2ccccc2Cc2cccnc21. The van der Waals surface area contributed by atoms with Crippen molar-refractivity contribution in [1.82, 2.24) is 4.98 Å². The molecule has 0 N–H and O–H groups in total. The summed E-state index contributed by atoms with van der Waals surface area (Å²) in [6, 6.07) is 13.8. The molecule has 3 heteroatoms. The average Bonchev–Trinajstić information content (AvgIpc) is 2.54. The van der Waals surface area contributed by atoms with E-state index in [1.54, 1.807) is 6.20 Å². The first-order valence-corrected chi connectivity index (χ1v) is 5.46. The number of nitriles is 1. The van der Waals surface area contributed by atoms with Crippen molar-refractivity contribution in [2.75, 3.05) is 0 Å². The second-order valence-electron chi connectivity index (χ2n) is 3.96. The molecule has 1 aliphatic rings. The number of rotatable bonds is 0. The van der Waals surface area contributed by atoms with Crippen molar-refractivity contribution in [3.05, 3.63) is 59.4 Å². The van der Waals surface area contributed by atoms with Crippen LogP contribution >= 0.6 is 0 Å². The number of nitrogens with zero attached hydrogens (tertiary/aromatic N) is 2. The minimum atomic E-state index is -0.616. The summed E-state index contributed by atoms with van der Waals surface area (Å²) in [5.41, 5.74) is 2.88. The fourth-order valence-electron chi connectivity index (χ4n) is 2.08. The molecular weight excluding hydrogens is 212 g/mol. The molecule has 2 heterocycles. The number of pyridine rings is 1. The van der Waals surface area contributed by atoms with Gasteiger partial charge in [0.2, 0.25) is 6.10 Å². The summed E-state index contributed by atoms with van der Waals surface area (Å²) >= 11 is 0. The van der Waals surface area contributed by atoms with Crippen LogP contribution in [0.5, 0.6) is 5.75 Å². The van der Waals surface area contributed by atoms with E-state index in [0.29, 0.717) is 0 Å². The highest BCUT2D eigenvalue weighted by molar-refractivity contribution is 5.42. The normalized spacial score (nSPS) is 17.0. The molecular formula is C14H10N2O. The minimum Gasteiger partial charge on any atom is -0.469 e. The largest absolute Gasteiger partial charge is 0.469 e. The second-order valence-corrected chi connectivity index (χ2v) is 3.96. The molecule has 0 saturated heterocycles. The molecule has 0 spiro atoms. The summed E-state index contributed by atoms with van der Waals surface area (Å²) in [4.78, 5) is 4.27. The van der Waals surface area contributed by atoms with Crippen molar-refractivity contribution in [2.24, 2.45) is 0 Å². The predicted molar refractivity (Wildman–Crippen MR) is 62.5 cm³/mol. The van der Waals surface area contributed by atoms with Gasteiger partial charge in [0.1, 0.15) is 11.8 Å². The quantitative estimate of drug-likeness (QED) is 0.688. The molecule has 3 nitrogen and oxygen atoms in total. The van der Waals surface area contributed by atoms with Gasteiger partial charge in [0.25, 0.3) is 0 Å². The van der Waals surface area contributed by atoms with Gasteiger partial charge in [-0.1, -0.05) is 24.3 Å². The van der Waals surface area contributed by atoms with Crippen molar-refractivity contribution >= 4 is 0 Å². The molecule has 0 aliphatic carbocycles. The van der Waals surface area contributed by atoms with Gasteiger partial charge in [-0.25, -0.2) is 0 Å². The van der Waals surface area contributed by atoms with E-state index in [0.717, 1.165) is 29.0 Å². The topological polar surface area (TPSA) is 45.9 Å². The first-order chi connectivity index (χ1) is 8.38. The molecule has 2 aromatic rings. The van der Waals surface area contributed by atoms with Crippen LogP contribution in [0.2, 0.25) is 0 Å². The molecule has 1 unspecified atom stereocenters. The van der Waals surface area contributed by atoms with E-state index in [-0.39, 0.29) is 0 Å². The Hall–Kier alpha value is -2.34. The van der Waals surface area contributed by atoms with E-state index in [4.69, 9.17) is 4.74 Å². The van der Waals surface area contributed by atoms with Crippen LogP contribution in [-0.2, 0) is 6.42 Å². The van der Waals surface area contributed by atoms with Gasteiger partial charge in [0.05, 0.1) is 5.69 Å². The minimum absolute atomic E-state index is 0.616. The third-order valence-electron chi connectivity index (χ3n) is 2.89. The summed E-state index contributed by atoms with van der Waals surface area (Å²) in [7, 11) is 0. The molecule has 0 saturated carbocycles. The highest BCUT2D eigenvalue weighted by atomic mass is 16.5. The first kappa shape index (κ1) is 9.86. The molecule has 1 aliphatic heterocycles. The van der Waals surface area contributed by atoms with Crippen molar-refractivity contribution in [2.45, 2.75) is 12.5 Å². The van der Waals surface area contributed by atoms with Gasteiger partial charge in [-0.15, -0.1) is 0 Å². The number of fused-ring (bicyclic) bond motifs is 2. The maximum absolute atomic E-state index is 9.17.